The molecule has 0 atom stereocenters. The van der Waals surface area contributed by atoms with Crippen LogP contribution in [-0.4, -0.2) is 45.2 Å². The van der Waals surface area contributed by atoms with E-state index in [1.165, 1.54) is 0 Å². The van der Waals surface area contributed by atoms with Gasteiger partial charge in [0, 0.05) is 35.1 Å². The van der Waals surface area contributed by atoms with Crippen LogP contribution in [0.2, 0.25) is 0 Å². The minimum absolute atomic E-state index is 0.520. The fraction of sp³-hybridized carbons (Fsp3) is 0.105. The van der Waals surface area contributed by atoms with E-state index in [0.29, 0.717) is 6.67 Å². The first-order valence-corrected chi connectivity index (χ1v) is 9.44. The van der Waals surface area contributed by atoms with Crippen LogP contribution in [0, 0.1) is 0 Å². The SMILES string of the molecule is COc1cc2c(cc1-c1nccs1)C=NCN2c1cccc(-n2cnnn2)c1. The number of rotatable bonds is 4. The van der Waals surface area contributed by atoms with Crippen molar-refractivity contribution in [1.82, 2.24) is 25.2 Å². The summed E-state index contributed by atoms with van der Waals surface area (Å²) in [5, 5.41) is 14.3. The first-order valence-electron chi connectivity index (χ1n) is 8.56. The van der Waals surface area contributed by atoms with Gasteiger partial charge in [-0.05, 0) is 34.7 Å². The number of thiazole rings is 1. The topological polar surface area (TPSA) is 81.3 Å². The number of anilines is 2. The molecule has 0 aliphatic carbocycles. The Balaban J connectivity index is 1.60. The number of aromatic nitrogens is 5. The fourth-order valence-electron chi connectivity index (χ4n) is 3.22. The fourth-order valence-corrected chi connectivity index (χ4v) is 3.88. The average molecular weight is 389 g/mol. The molecule has 28 heavy (non-hydrogen) atoms. The predicted octanol–water partition coefficient (Wildman–Crippen LogP) is 3.32. The maximum atomic E-state index is 5.67. The summed E-state index contributed by atoms with van der Waals surface area (Å²) in [5.41, 5.74) is 4.89. The smallest absolute Gasteiger partial charge is 0.143 e. The van der Waals surface area contributed by atoms with Crippen LogP contribution >= 0.6 is 11.3 Å². The lowest BCUT2D eigenvalue weighted by Gasteiger charge is -2.28. The molecular weight excluding hydrogens is 374 g/mol. The van der Waals surface area contributed by atoms with Gasteiger partial charge in [0.2, 0.25) is 0 Å². The van der Waals surface area contributed by atoms with Gasteiger partial charge in [0.05, 0.1) is 24.0 Å². The molecule has 0 radical (unpaired) electrons. The molecule has 2 aromatic carbocycles. The molecule has 0 unspecified atom stereocenters. The standard InChI is InChI=1S/C19H15N7OS/c1-27-18-9-17-13(7-16(18)19-21-5-6-28-19)10-20-11-25(17)14-3-2-4-15(8-14)26-12-22-23-24-26/h2-10,12H,11H2,1H3. The summed E-state index contributed by atoms with van der Waals surface area (Å²) in [4.78, 5) is 11.1. The molecule has 1 aliphatic heterocycles. The molecule has 4 aromatic rings. The third-order valence-electron chi connectivity index (χ3n) is 4.51. The second-order valence-electron chi connectivity index (χ2n) is 6.10. The van der Waals surface area contributed by atoms with E-state index in [4.69, 9.17) is 4.74 Å². The zero-order chi connectivity index (χ0) is 18.9. The highest BCUT2D eigenvalue weighted by atomic mass is 32.1. The van der Waals surface area contributed by atoms with Gasteiger partial charge < -0.3 is 9.64 Å². The van der Waals surface area contributed by atoms with Gasteiger partial charge in [0.1, 0.15) is 23.8 Å². The van der Waals surface area contributed by atoms with E-state index in [0.717, 1.165) is 38.9 Å². The monoisotopic (exact) mass is 389 g/mol. The number of hydrogen-bond donors (Lipinski definition) is 0. The number of nitrogens with zero attached hydrogens (tertiary/aromatic N) is 7. The van der Waals surface area contributed by atoms with Crippen LogP contribution in [0.3, 0.4) is 0 Å². The number of tetrazole rings is 1. The second-order valence-corrected chi connectivity index (χ2v) is 7.00. The highest BCUT2D eigenvalue weighted by Crippen LogP contribution is 2.40. The zero-order valence-corrected chi connectivity index (χ0v) is 15.7. The molecule has 0 fully saturated rings. The minimum Gasteiger partial charge on any atom is -0.496 e. The summed E-state index contributed by atoms with van der Waals surface area (Å²) < 4.78 is 7.30. The molecule has 0 saturated heterocycles. The van der Waals surface area contributed by atoms with Crippen molar-refractivity contribution in [2.24, 2.45) is 4.99 Å². The first kappa shape index (κ1) is 16.6. The Hall–Kier alpha value is -3.59. The lowest BCUT2D eigenvalue weighted by atomic mass is 10.1. The Morgan fingerprint density at radius 2 is 2.07 bits per heavy atom. The van der Waals surface area contributed by atoms with Gasteiger partial charge >= 0.3 is 0 Å². The van der Waals surface area contributed by atoms with E-state index >= 15 is 0 Å². The quantitative estimate of drug-likeness (QED) is 0.533. The molecule has 8 nitrogen and oxygen atoms in total. The highest BCUT2D eigenvalue weighted by Gasteiger charge is 2.21. The Morgan fingerprint density at radius 3 is 2.86 bits per heavy atom. The van der Waals surface area contributed by atoms with Crippen LogP contribution in [-0.2, 0) is 0 Å². The van der Waals surface area contributed by atoms with Gasteiger partial charge in [-0.25, -0.2) is 9.67 Å². The van der Waals surface area contributed by atoms with Crippen LogP contribution in [0.4, 0.5) is 11.4 Å². The summed E-state index contributed by atoms with van der Waals surface area (Å²) in [6, 6.07) is 12.1. The number of methoxy groups -OCH3 is 1. The van der Waals surface area contributed by atoms with Crippen molar-refractivity contribution in [1.29, 1.82) is 0 Å². The van der Waals surface area contributed by atoms with Crippen LogP contribution in [0.15, 0.2) is 59.3 Å². The summed E-state index contributed by atoms with van der Waals surface area (Å²) in [5.74, 6) is 0.783. The maximum absolute atomic E-state index is 5.67. The summed E-state index contributed by atoms with van der Waals surface area (Å²) in [7, 11) is 1.68. The first-order chi connectivity index (χ1) is 13.8. The molecular formula is C19H15N7OS. The van der Waals surface area contributed by atoms with Crippen molar-refractivity contribution in [2.45, 2.75) is 0 Å². The van der Waals surface area contributed by atoms with Crippen molar-refractivity contribution in [2.75, 3.05) is 18.7 Å². The molecule has 0 saturated carbocycles. The van der Waals surface area contributed by atoms with Crippen LogP contribution < -0.4 is 9.64 Å². The Morgan fingerprint density at radius 1 is 1.14 bits per heavy atom. The molecule has 2 aromatic heterocycles. The summed E-state index contributed by atoms with van der Waals surface area (Å²) in [6.45, 7) is 0.520. The van der Waals surface area contributed by atoms with Gasteiger partial charge in [0.25, 0.3) is 0 Å². The molecule has 3 heterocycles. The number of hydrogen-bond acceptors (Lipinski definition) is 8. The minimum atomic E-state index is 0.520. The molecule has 5 rings (SSSR count). The van der Waals surface area contributed by atoms with Gasteiger partial charge in [0.15, 0.2) is 0 Å². The molecule has 9 heteroatoms. The van der Waals surface area contributed by atoms with Crippen molar-refractivity contribution in [3.8, 4) is 22.0 Å². The zero-order valence-electron chi connectivity index (χ0n) is 14.9. The number of ether oxygens (including phenoxy) is 1. The van der Waals surface area contributed by atoms with Crippen molar-refractivity contribution < 1.29 is 4.74 Å². The van der Waals surface area contributed by atoms with Crippen molar-refractivity contribution >= 4 is 28.9 Å². The largest absolute Gasteiger partial charge is 0.496 e. The van der Waals surface area contributed by atoms with Crippen LogP contribution in [0.1, 0.15) is 5.56 Å². The second kappa shape index (κ2) is 6.86. The third kappa shape index (κ3) is 2.81. The van der Waals surface area contributed by atoms with E-state index in [9.17, 15) is 0 Å². The maximum Gasteiger partial charge on any atom is 0.143 e. The predicted molar refractivity (Wildman–Crippen MR) is 108 cm³/mol. The Kier molecular flexibility index (Phi) is 4.06. The van der Waals surface area contributed by atoms with Gasteiger partial charge in [-0.1, -0.05) is 6.07 Å². The molecule has 0 bridgehead atoms. The number of aliphatic imine (C=N–C) groups is 1. The van der Waals surface area contributed by atoms with Gasteiger partial charge in [-0.2, -0.15) is 0 Å². The highest BCUT2D eigenvalue weighted by molar-refractivity contribution is 7.13. The molecule has 138 valence electrons. The summed E-state index contributed by atoms with van der Waals surface area (Å²) in [6.07, 6.45) is 5.27. The van der Waals surface area contributed by atoms with Gasteiger partial charge in [-0.15, -0.1) is 16.4 Å². The lowest BCUT2D eigenvalue weighted by molar-refractivity contribution is 0.416. The van der Waals surface area contributed by atoms with Gasteiger partial charge in [-0.3, -0.25) is 4.99 Å². The molecule has 0 amide bonds. The summed E-state index contributed by atoms with van der Waals surface area (Å²) >= 11 is 1.58. The number of benzene rings is 2. The Bertz CT molecular complexity index is 1140. The van der Waals surface area contributed by atoms with Crippen LogP contribution in [0.5, 0.6) is 5.75 Å². The normalized spacial score (nSPS) is 12.8. The molecule has 0 spiro atoms. The molecule has 0 N–H and O–H groups in total. The van der Waals surface area contributed by atoms with E-state index in [1.54, 1.807) is 35.7 Å². The Labute approximate surface area is 164 Å². The lowest BCUT2D eigenvalue weighted by Crippen LogP contribution is -2.22. The average Bonchev–Trinajstić information content (AvgIpc) is 3.46. The van der Waals surface area contributed by atoms with E-state index < -0.39 is 0 Å². The number of fused-ring (bicyclic) bond motifs is 1. The molecule has 1 aliphatic rings. The van der Waals surface area contributed by atoms with E-state index in [1.807, 2.05) is 41.9 Å². The van der Waals surface area contributed by atoms with E-state index in [-0.39, 0.29) is 0 Å². The van der Waals surface area contributed by atoms with E-state index in [2.05, 4.69) is 36.5 Å². The van der Waals surface area contributed by atoms with Crippen LogP contribution in [0.25, 0.3) is 16.3 Å². The van der Waals surface area contributed by atoms with Crippen molar-refractivity contribution in [3.63, 3.8) is 0 Å². The third-order valence-corrected chi connectivity index (χ3v) is 5.32. The van der Waals surface area contributed by atoms with Crippen molar-refractivity contribution in [3.05, 3.63) is 59.9 Å².